The minimum atomic E-state index is -4.53. The van der Waals surface area contributed by atoms with Gasteiger partial charge in [0, 0.05) is 17.8 Å². The van der Waals surface area contributed by atoms with E-state index in [1.165, 1.54) is 24.3 Å². The highest BCUT2D eigenvalue weighted by molar-refractivity contribution is 5.96. The van der Waals surface area contributed by atoms with E-state index in [1.54, 1.807) is 13.8 Å². The summed E-state index contributed by atoms with van der Waals surface area (Å²) < 4.78 is 50.3. The van der Waals surface area contributed by atoms with E-state index in [0.29, 0.717) is 15.9 Å². The van der Waals surface area contributed by atoms with E-state index >= 15 is 0 Å². The number of aromatic nitrogens is 2. The van der Waals surface area contributed by atoms with E-state index in [2.05, 4.69) is 15.7 Å². The summed E-state index contributed by atoms with van der Waals surface area (Å²) in [5.74, 6) is -2.16. The number of halogens is 3. The summed E-state index contributed by atoms with van der Waals surface area (Å²) in [4.78, 5) is 35.8. The van der Waals surface area contributed by atoms with E-state index in [0.717, 1.165) is 6.07 Å². The summed E-state index contributed by atoms with van der Waals surface area (Å²) in [7, 11) is 0. The van der Waals surface area contributed by atoms with Crippen LogP contribution in [0.2, 0.25) is 0 Å². The second-order valence-electron chi connectivity index (χ2n) is 7.12. The minimum Gasteiger partial charge on any atom is -0.462 e. The van der Waals surface area contributed by atoms with Crippen molar-refractivity contribution in [2.24, 2.45) is 0 Å². The average molecular weight is 454 g/mol. The van der Waals surface area contributed by atoms with Crippen LogP contribution in [0.5, 0.6) is 0 Å². The lowest BCUT2D eigenvalue weighted by atomic mass is 10.1. The summed E-state index contributed by atoms with van der Waals surface area (Å²) in [6.07, 6.45) is -4.76. The Bertz CT molecular complexity index is 1000. The van der Waals surface area contributed by atoms with Crippen LogP contribution in [0.3, 0.4) is 0 Å². The lowest BCUT2D eigenvalue weighted by Crippen LogP contribution is -2.37. The van der Waals surface area contributed by atoms with Crippen LogP contribution < -0.4 is 10.6 Å². The van der Waals surface area contributed by atoms with Gasteiger partial charge in [-0.3, -0.25) is 4.79 Å². The molecule has 0 spiro atoms. The van der Waals surface area contributed by atoms with Crippen LogP contribution in [0.25, 0.3) is 0 Å². The molecular formula is C20H21F3N4O5. The van der Waals surface area contributed by atoms with Crippen molar-refractivity contribution in [3.63, 3.8) is 0 Å². The van der Waals surface area contributed by atoms with Crippen molar-refractivity contribution in [2.45, 2.75) is 38.5 Å². The van der Waals surface area contributed by atoms with Crippen molar-refractivity contribution in [1.82, 2.24) is 9.78 Å². The van der Waals surface area contributed by atoms with Gasteiger partial charge in [0.25, 0.3) is 5.91 Å². The first-order valence-electron chi connectivity index (χ1n) is 9.75. The highest BCUT2D eigenvalue weighted by Crippen LogP contribution is 2.39. The molecule has 172 valence electrons. The quantitative estimate of drug-likeness (QED) is 0.645. The van der Waals surface area contributed by atoms with Gasteiger partial charge in [-0.05, 0) is 44.5 Å². The predicted molar refractivity (Wildman–Crippen MR) is 106 cm³/mol. The molecule has 12 heteroatoms. The molecule has 1 amide bonds. The van der Waals surface area contributed by atoms with Crippen LogP contribution in [0, 0.1) is 0 Å². The van der Waals surface area contributed by atoms with Crippen LogP contribution in [0.15, 0.2) is 30.3 Å². The molecule has 0 radical (unpaired) electrons. The lowest BCUT2D eigenvalue weighted by Gasteiger charge is -2.31. The van der Waals surface area contributed by atoms with Gasteiger partial charge >= 0.3 is 18.1 Å². The molecule has 0 bridgehead atoms. The van der Waals surface area contributed by atoms with Crippen molar-refractivity contribution in [2.75, 3.05) is 23.8 Å². The number of nitrogens with zero attached hydrogens (tertiary/aromatic N) is 2. The third-order valence-electron chi connectivity index (χ3n) is 4.60. The highest BCUT2D eigenvalue weighted by atomic mass is 19.4. The van der Waals surface area contributed by atoms with Gasteiger partial charge in [-0.1, -0.05) is 0 Å². The summed E-state index contributed by atoms with van der Waals surface area (Å²) in [5.41, 5.74) is 0.310. The lowest BCUT2D eigenvalue weighted by molar-refractivity contribution is -0.173. The number of nitrogens with one attached hydrogen (secondary N) is 2. The molecule has 2 aromatic rings. The van der Waals surface area contributed by atoms with Gasteiger partial charge in [0.2, 0.25) is 0 Å². The number of hydrogen-bond acceptors (Lipinski definition) is 7. The molecule has 9 nitrogen and oxygen atoms in total. The van der Waals surface area contributed by atoms with E-state index in [-0.39, 0.29) is 24.5 Å². The normalized spacial score (nSPS) is 17.7. The largest absolute Gasteiger partial charge is 0.462 e. The van der Waals surface area contributed by atoms with Crippen LogP contribution in [0.4, 0.5) is 24.7 Å². The first-order valence-corrected chi connectivity index (χ1v) is 9.75. The van der Waals surface area contributed by atoms with Crippen molar-refractivity contribution < 1.29 is 37.0 Å². The number of carbonyl (C=O) groups is 3. The topological polar surface area (TPSA) is 112 Å². The molecule has 0 saturated carbocycles. The third kappa shape index (κ3) is 5.37. The van der Waals surface area contributed by atoms with E-state index in [4.69, 9.17) is 9.47 Å². The number of anilines is 2. The van der Waals surface area contributed by atoms with Crippen molar-refractivity contribution in [1.29, 1.82) is 0 Å². The average Bonchev–Trinajstić information content (AvgIpc) is 3.15. The maximum atomic E-state index is 13.3. The number of fused-ring (bicyclic) bond motifs is 1. The number of carbonyl (C=O) groups excluding carboxylic acids is 3. The Balaban J connectivity index is 1.58. The molecule has 0 unspecified atom stereocenters. The highest BCUT2D eigenvalue weighted by Gasteiger charge is 2.45. The first-order chi connectivity index (χ1) is 15.1. The van der Waals surface area contributed by atoms with Crippen molar-refractivity contribution in [3.8, 4) is 0 Å². The Labute approximate surface area is 180 Å². The van der Waals surface area contributed by atoms with Crippen molar-refractivity contribution in [3.05, 3.63) is 41.6 Å². The number of rotatable bonds is 6. The number of amides is 1. The fourth-order valence-corrected chi connectivity index (χ4v) is 3.16. The van der Waals surface area contributed by atoms with Crippen molar-refractivity contribution >= 4 is 29.4 Å². The Morgan fingerprint density at radius 2 is 1.88 bits per heavy atom. The first kappa shape index (κ1) is 23.1. The number of alkyl halides is 3. The van der Waals surface area contributed by atoms with Gasteiger partial charge in [0.1, 0.15) is 5.82 Å². The molecule has 1 aliphatic rings. The van der Waals surface area contributed by atoms with E-state index < -0.39 is 42.7 Å². The summed E-state index contributed by atoms with van der Waals surface area (Å²) >= 11 is 0. The smallest absolute Gasteiger partial charge is 0.410 e. The zero-order valence-electron chi connectivity index (χ0n) is 17.2. The van der Waals surface area contributed by atoms with Gasteiger partial charge in [-0.25, -0.2) is 14.3 Å². The standard InChI is InChI=1S/C20H21F3N4O5/c1-3-31-18(29)12-4-6-13(7-5-12)25-17(28)10-32-19(30)14-9-16-24-11(2)8-15(20(21,22)23)27(16)26-14/h4-7,9,11,15,24H,3,8,10H2,1-2H3,(H,25,28)/t11-,15-/m0/s1. The fraction of sp³-hybridized carbons (Fsp3) is 0.400. The van der Waals surface area contributed by atoms with Gasteiger partial charge in [-0.2, -0.15) is 18.3 Å². The molecular weight excluding hydrogens is 433 g/mol. The van der Waals surface area contributed by atoms with E-state index in [1.807, 2.05) is 0 Å². The van der Waals surface area contributed by atoms with Crippen LogP contribution in [-0.2, 0) is 14.3 Å². The molecule has 2 N–H and O–H groups in total. The zero-order chi connectivity index (χ0) is 23.5. The molecule has 1 aromatic carbocycles. The molecule has 0 aliphatic carbocycles. The van der Waals surface area contributed by atoms with Crippen LogP contribution >= 0.6 is 0 Å². The maximum Gasteiger partial charge on any atom is 0.410 e. The van der Waals surface area contributed by atoms with Gasteiger partial charge in [0.05, 0.1) is 12.2 Å². The number of hydrogen-bond donors (Lipinski definition) is 2. The molecule has 0 fully saturated rings. The third-order valence-corrected chi connectivity index (χ3v) is 4.60. The van der Waals surface area contributed by atoms with Gasteiger partial charge in [0.15, 0.2) is 18.3 Å². The molecule has 3 rings (SSSR count). The minimum absolute atomic E-state index is 0.0455. The molecule has 1 aromatic heterocycles. The molecule has 1 aliphatic heterocycles. The van der Waals surface area contributed by atoms with E-state index in [9.17, 15) is 27.6 Å². The van der Waals surface area contributed by atoms with Crippen LogP contribution in [-0.4, -0.2) is 53.1 Å². The Kier molecular flexibility index (Phi) is 6.70. The zero-order valence-corrected chi connectivity index (χ0v) is 17.2. The fourth-order valence-electron chi connectivity index (χ4n) is 3.16. The molecule has 32 heavy (non-hydrogen) atoms. The van der Waals surface area contributed by atoms with Gasteiger partial charge < -0.3 is 20.1 Å². The second kappa shape index (κ2) is 9.28. The Morgan fingerprint density at radius 1 is 1.19 bits per heavy atom. The number of ether oxygens (including phenoxy) is 2. The second-order valence-corrected chi connectivity index (χ2v) is 7.12. The molecule has 2 heterocycles. The summed E-state index contributed by atoms with van der Waals surface area (Å²) in [5, 5.41) is 9.03. The number of benzene rings is 1. The predicted octanol–water partition coefficient (Wildman–Crippen LogP) is 3.16. The SMILES string of the molecule is CCOC(=O)c1ccc(NC(=O)COC(=O)c2cc3n(n2)[C@H](C(F)(F)F)C[C@H](C)N3)cc1. The summed E-state index contributed by atoms with van der Waals surface area (Å²) in [6.45, 7) is 2.83. The Hall–Kier alpha value is -3.57. The maximum absolute atomic E-state index is 13.3. The summed E-state index contributed by atoms with van der Waals surface area (Å²) in [6, 6.07) is 4.69. The monoisotopic (exact) mass is 454 g/mol. The molecule has 2 atom stereocenters. The number of esters is 2. The van der Waals surface area contributed by atoms with Crippen LogP contribution in [0.1, 0.15) is 47.2 Å². The van der Waals surface area contributed by atoms with Gasteiger partial charge in [-0.15, -0.1) is 0 Å². The Morgan fingerprint density at radius 3 is 2.50 bits per heavy atom. The molecule has 0 saturated heterocycles.